The lowest BCUT2D eigenvalue weighted by Crippen LogP contribution is -2.11. The summed E-state index contributed by atoms with van der Waals surface area (Å²) < 4.78 is 5.67. The van der Waals surface area contributed by atoms with Gasteiger partial charge in [0.2, 0.25) is 5.89 Å². The van der Waals surface area contributed by atoms with Crippen molar-refractivity contribution in [2.24, 2.45) is 0 Å². The molecule has 124 valence electrons. The Hall–Kier alpha value is -2.93. The highest BCUT2D eigenvalue weighted by Gasteiger charge is 2.10. The van der Waals surface area contributed by atoms with E-state index in [1.807, 2.05) is 49.4 Å². The molecule has 0 aliphatic carbocycles. The van der Waals surface area contributed by atoms with Gasteiger partial charge in [-0.05, 0) is 31.2 Å². The van der Waals surface area contributed by atoms with Gasteiger partial charge in [-0.1, -0.05) is 41.6 Å². The van der Waals surface area contributed by atoms with Crippen LogP contribution in [-0.2, 0) is 5.75 Å². The molecule has 0 fully saturated rings. The standard InChI is InChI=1S/C18H14N4O2S/c1-11-6-8-12(9-7-11)17-21-22-18(24-17)25-10-15-19-14-5-3-2-4-13(14)16(23)20-15/h2-9H,10H2,1H3,(H,19,20,23). The number of hydrogen-bond donors (Lipinski definition) is 1. The average molecular weight is 350 g/mol. The van der Waals surface area contributed by atoms with E-state index in [9.17, 15) is 4.79 Å². The van der Waals surface area contributed by atoms with E-state index in [-0.39, 0.29) is 5.56 Å². The number of fused-ring (bicyclic) bond motifs is 1. The lowest BCUT2D eigenvalue weighted by atomic mass is 10.1. The number of hydrogen-bond acceptors (Lipinski definition) is 6. The molecule has 0 aliphatic heterocycles. The monoisotopic (exact) mass is 350 g/mol. The minimum atomic E-state index is -0.146. The van der Waals surface area contributed by atoms with E-state index in [4.69, 9.17) is 4.42 Å². The summed E-state index contributed by atoms with van der Waals surface area (Å²) in [5, 5.41) is 9.12. The molecule has 6 nitrogen and oxygen atoms in total. The van der Waals surface area contributed by atoms with Gasteiger partial charge < -0.3 is 9.40 Å². The normalized spacial score (nSPS) is 11.1. The Morgan fingerprint density at radius 1 is 1.08 bits per heavy atom. The Morgan fingerprint density at radius 2 is 1.88 bits per heavy atom. The fourth-order valence-corrected chi connectivity index (χ4v) is 3.05. The number of aryl methyl sites for hydroxylation is 1. The number of aromatic nitrogens is 4. The Balaban J connectivity index is 1.52. The molecule has 25 heavy (non-hydrogen) atoms. The molecule has 0 atom stereocenters. The molecule has 0 saturated carbocycles. The van der Waals surface area contributed by atoms with E-state index in [1.165, 1.54) is 17.3 Å². The first-order valence-electron chi connectivity index (χ1n) is 7.70. The maximum Gasteiger partial charge on any atom is 0.277 e. The molecule has 4 aromatic rings. The molecule has 0 saturated heterocycles. The highest BCUT2D eigenvalue weighted by Crippen LogP contribution is 2.25. The quantitative estimate of drug-likeness (QED) is 0.566. The molecule has 0 spiro atoms. The second-order valence-electron chi connectivity index (χ2n) is 5.56. The lowest BCUT2D eigenvalue weighted by molar-refractivity contribution is 0.465. The molecule has 0 unspecified atom stereocenters. The molecule has 0 amide bonds. The van der Waals surface area contributed by atoms with Crippen LogP contribution in [0.1, 0.15) is 11.4 Å². The number of para-hydroxylation sites is 1. The van der Waals surface area contributed by atoms with Gasteiger partial charge in [-0.2, -0.15) is 0 Å². The number of rotatable bonds is 4. The van der Waals surface area contributed by atoms with Gasteiger partial charge >= 0.3 is 0 Å². The minimum Gasteiger partial charge on any atom is -0.411 e. The Labute approximate surface area is 147 Å². The number of H-pyrrole nitrogens is 1. The van der Waals surface area contributed by atoms with Crippen LogP contribution in [0.2, 0.25) is 0 Å². The highest BCUT2D eigenvalue weighted by molar-refractivity contribution is 7.98. The van der Waals surface area contributed by atoms with E-state index in [0.717, 1.165) is 5.56 Å². The van der Waals surface area contributed by atoms with Gasteiger partial charge in [-0.25, -0.2) is 4.98 Å². The Kier molecular flexibility index (Phi) is 4.07. The third-order valence-electron chi connectivity index (χ3n) is 3.70. The zero-order valence-electron chi connectivity index (χ0n) is 13.4. The number of nitrogens with one attached hydrogen (secondary N) is 1. The van der Waals surface area contributed by atoms with Crippen LogP contribution in [0.5, 0.6) is 0 Å². The molecular formula is C18H14N4O2S. The zero-order chi connectivity index (χ0) is 17.2. The SMILES string of the molecule is Cc1ccc(-c2nnc(SCc3nc4ccccc4c(=O)[nH]3)o2)cc1. The van der Waals surface area contributed by atoms with Crippen LogP contribution in [-0.4, -0.2) is 20.2 Å². The summed E-state index contributed by atoms with van der Waals surface area (Å²) >= 11 is 1.34. The second-order valence-corrected chi connectivity index (χ2v) is 6.48. The Bertz CT molecular complexity index is 1090. The van der Waals surface area contributed by atoms with Crippen molar-refractivity contribution in [2.45, 2.75) is 17.9 Å². The predicted molar refractivity (Wildman–Crippen MR) is 96.4 cm³/mol. The summed E-state index contributed by atoms with van der Waals surface area (Å²) in [5.41, 5.74) is 2.58. The van der Waals surface area contributed by atoms with Crippen LogP contribution < -0.4 is 5.56 Å². The van der Waals surface area contributed by atoms with Crippen LogP contribution in [0, 0.1) is 6.92 Å². The van der Waals surface area contributed by atoms with Gasteiger partial charge in [-0.3, -0.25) is 4.79 Å². The van der Waals surface area contributed by atoms with Gasteiger partial charge in [-0.15, -0.1) is 10.2 Å². The van der Waals surface area contributed by atoms with Gasteiger partial charge in [0.15, 0.2) is 0 Å². The lowest BCUT2D eigenvalue weighted by Gasteiger charge is -2.01. The van der Waals surface area contributed by atoms with Crippen molar-refractivity contribution in [2.75, 3.05) is 0 Å². The number of aromatic amines is 1. The van der Waals surface area contributed by atoms with Crippen LogP contribution in [0.25, 0.3) is 22.4 Å². The molecule has 0 aliphatic rings. The summed E-state index contributed by atoms with van der Waals surface area (Å²) in [7, 11) is 0. The van der Waals surface area contributed by atoms with Crippen molar-refractivity contribution >= 4 is 22.7 Å². The third kappa shape index (κ3) is 3.32. The molecule has 2 heterocycles. The summed E-state index contributed by atoms with van der Waals surface area (Å²) in [6.07, 6.45) is 0. The number of benzene rings is 2. The van der Waals surface area contributed by atoms with Crippen molar-refractivity contribution in [3.05, 3.63) is 70.3 Å². The molecule has 2 aromatic carbocycles. The predicted octanol–water partition coefficient (Wildman–Crippen LogP) is 3.57. The van der Waals surface area contributed by atoms with Crippen LogP contribution >= 0.6 is 11.8 Å². The number of thioether (sulfide) groups is 1. The number of nitrogens with zero attached hydrogens (tertiary/aromatic N) is 3. The molecule has 2 aromatic heterocycles. The molecular weight excluding hydrogens is 336 g/mol. The van der Waals surface area contributed by atoms with Gasteiger partial charge in [0.05, 0.1) is 16.7 Å². The highest BCUT2D eigenvalue weighted by atomic mass is 32.2. The second kappa shape index (κ2) is 6.52. The first-order valence-corrected chi connectivity index (χ1v) is 8.69. The molecule has 0 radical (unpaired) electrons. The van der Waals surface area contributed by atoms with Gasteiger partial charge in [0, 0.05) is 5.56 Å². The molecule has 1 N–H and O–H groups in total. The van der Waals surface area contributed by atoms with Crippen molar-refractivity contribution in [3.63, 3.8) is 0 Å². The summed E-state index contributed by atoms with van der Waals surface area (Å²) in [6.45, 7) is 2.02. The van der Waals surface area contributed by atoms with E-state index in [0.29, 0.717) is 33.6 Å². The fraction of sp³-hybridized carbons (Fsp3) is 0.111. The summed E-state index contributed by atoms with van der Waals surface area (Å²) in [4.78, 5) is 19.3. The smallest absolute Gasteiger partial charge is 0.277 e. The molecule has 0 bridgehead atoms. The van der Waals surface area contributed by atoms with Crippen LogP contribution in [0.4, 0.5) is 0 Å². The molecule has 4 rings (SSSR count). The Morgan fingerprint density at radius 3 is 2.72 bits per heavy atom. The van der Waals surface area contributed by atoms with E-state index in [2.05, 4.69) is 20.2 Å². The maximum atomic E-state index is 12.1. The fourth-order valence-electron chi connectivity index (χ4n) is 2.41. The minimum absolute atomic E-state index is 0.146. The van der Waals surface area contributed by atoms with E-state index >= 15 is 0 Å². The summed E-state index contributed by atoms with van der Waals surface area (Å²) in [5.74, 6) is 1.49. The molecule has 7 heteroatoms. The van der Waals surface area contributed by atoms with Crippen molar-refractivity contribution in [3.8, 4) is 11.5 Å². The topological polar surface area (TPSA) is 84.7 Å². The van der Waals surface area contributed by atoms with Crippen LogP contribution in [0.3, 0.4) is 0 Å². The average Bonchev–Trinajstić information content (AvgIpc) is 3.10. The van der Waals surface area contributed by atoms with Gasteiger partial charge in [0.1, 0.15) is 5.82 Å². The largest absolute Gasteiger partial charge is 0.411 e. The first-order chi connectivity index (χ1) is 12.2. The van der Waals surface area contributed by atoms with Crippen molar-refractivity contribution in [1.29, 1.82) is 0 Å². The third-order valence-corrected chi connectivity index (χ3v) is 4.53. The van der Waals surface area contributed by atoms with Crippen molar-refractivity contribution in [1.82, 2.24) is 20.2 Å². The van der Waals surface area contributed by atoms with Crippen molar-refractivity contribution < 1.29 is 4.42 Å². The first kappa shape index (κ1) is 15.6. The maximum absolute atomic E-state index is 12.1. The van der Waals surface area contributed by atoms with E-state index in [1.54, 1.807) is 6.07 Å². The van der Waals surface area contributed by atoms with Gasteiger partial charge in [0.25, 0.3) is 10.8 Å². The zero-order valence-corrected chi connectivity index (χ0v) is 14.2. The summed E-state index contributed by atoms with van der Waals surface area (Å²) in [6, 6.07) is 15.1. The van der Waals surface area contributed by atoms with E-state index < -0.39 is 0 Å². The van der Waals surface area contributed by atoms with Crippen LogP contribution in [0.15, 0.2) is 63.0 Å².